The highest BCUT2D eigenvalue weighted by molar-refractivity contribution is 6.06. The molecule has 0 unspecified atom stereocenters. The van der Waals surface area contributed by atoms with Gasteiger partial charge in [-0.25, -0.2) is 0 Å². The number of aliphatic hydroxyl groups excluding tert-OH is 1. The highest BCUT2D eigenvalue weighted by Gasteiger charge is 2.45. The summed E-state index contributed by atoms with van der Waals surface area (Å²) >= 11 is 0. The van der Waals surface area contributed by atoms with Crippen molar-refractivity contribution in [3.8, 4) is 0 Å². The molecule has 2 aliphatic heterocycles. The molecule has 1 saturated heterocycles. The number of hydrogen-bond acceptors (Lipinski definition) is 5. The van der Waals surface area contributed by atoms with E-state index in [0.29, 0.717) is 25.9 Å². The molecule has 1 aromatic carbocycles. The summed E-state index contributed by atoms with van der Waals surface area (Å²) in [4.78, 5) is 26.3. The van der Waals surface area contributed by atoms with E-state index in [1.165, 1.54) is 6.92 Å². The second-order valence-electron chi connectivity index (χ2n) is 6.30. The zero-order valence-corrected chi connectivity index (χ0v) is 15.5. The third-order valence-electron chi connectivity index (χ3n) is 4.72. The Labute approximate surface area is 159 Å². The Kier molecular flexibility index (Phi) is 7.08. The van der Waals surface area contributed by atoms with Gasteiger partial charge < -0.3 is 26.4 Å². The average molecular weight is 391 g/mol. The van der Waals surface area contributed by atoms with Crippen molar-refractivity contribution in [2.24, 2.45) is 5.73 Å². The second-order valence-corrected chi connectivity index (χ2v) is 6.30. The number of nitrogens with two attached hydrogens (primary N) is 1. The van der Waals surface area contributed by atoms with Gasteiger partial charge in [-0.15, -0.1) is 24.8 Å². The number of carbonyl (C=O) groups excluding carboxylic acids is 2. The molecule has 2 atom stereocenters. The molecule has 5 N–H and O–H groups in total. The van der Waals surface area contributed by atoms with E-state index in [9.17, 15) is 14.7 Å². The SMILES string of the molecule is C[C@@H](O)[C@H](N)C(=O)N1CCC2(CC1)Nc1ccccc1NC2=O.Cl.Cl. The van der Waals surface area contributed by atoms with Crippen LogP contribution in [0.15, 0.2) is 24.3 Å². The zero-order valence-electron chi connectivity index (χ0n) is 13.9. The summed E-state index contributed by atoms with van der Waals surface area (Å²) in [5.41, 5.74) is 6.69. The minimum absolute atomic E-state index is 0. The number of para-hydroxylation sites is 2. The Bertz CT molecular complexity index is 634. The number of anilines is 2. The molecular weight excluding hydrogens is 367 g/mol. The molecule has 0 aliphatic carbocycles. The molecule has 1 spiro atoms. The van der Waals surface area contributed by atoms with Crippen molar-refractivity contribution in [1.29, 1.82) is 0 Å². The van der Waals surface area contributed by atoms with Crippen LogP contribution in [0.5, 0.6) is 0 Å². The Hall–Kier alpha value is -1.54. The van der Waals surface area contributed by atoms with E-state index in [1.807, 2.05) is 24.3 Å². The number of aliphatic hydroxyl groups is 1. The third-order valence-corrected chi connectivity index (χ3v) is 4.72. The molecule has 0 saturated carbocycles. The molecule has 2 heterocycles. The molecule has 0 radical (unpaired) electrons. The first-order chi connectivity index (χ1) is 10.9. The quantitative estimate of drug-likeness (QED) is 0.601. The molecule has 7 nitrogen and oxygen atoms in total. The molecule has 1 aromatic rings. The average Bonchev–Trinajstić information content (AvgIpc) is 2.55. The van der Waals surface area contributed by atoms with Crippen LogP contribution in [-0.4, -0.2) is 52.6 Å². The lowest BCUT2D eigenvalue weighted by molar-refractivity contribution is -0.138. The van der Waals surface area contributed by atoms with Gasteiger partial charge in [0, 0.05) is 13.1 Å². The summed E-state index contributed by atoms with van der Waals surface area (Å²) in [6.45, 7) is 2.37. The van der Waals surface area contributed by atoms with E-state index in [0.717, 1.165) is 11.4 Å². The lowest BCUT2D eigenvalue weighted by Crippen LogP contribution is -2.61. The normalized spacial score (nSPS) is 20.1. The van der Waals surface area contributed by atoms with Crippen LogP contribution in [-0.2, 0) is 9.59 Å². The van der Waals surface area contributed by atoms with Gasteiger partial charge in [0.15, 0.2) is 0 Å². The van der Waals surface area contributed by atoms with E-state index in [4.69, 9.17) is 5.73 Å². The first kappa shape index (κ1) is 21.5. The molecule has 140 valence electrons. The van der Waals surface area contributed by atoms with Gasteiger partial charge in [-0.3, -0.25) is 9.59 Å². The smallest absolute Gasteiger partial charge is 0.250 e. The third kappa shape index (κ3) is 4.00. The van der Waals surface area contributed by atoms with E-state index in [2.05, 4.69) is 10.6 Å². The Balaban J connectivity index is 0.00000156. The fourth-order valence-corrected chi connectivity index (χ4v) is 3.14. The topological polar surface area (TPSA) is 108 Å². The van der Waals surface area contributed by atoms with Crippen LogP contribution in [0.3, 0.4) is 0 Å². The lowest BCUT2D eigenvalue weighted by atomic mass is 9.84. The molecule has 1 fully saturated rings. The van der Waals surface area contributed by atoms with E-state index < -0.39 is 17.7 Å². The van der Waals surface area contributed by atoms with Crippen LogP contribution < -0.4 is 16.4 Å². The molecule has 25 heavy (non-hydrogen) atoms. The number of hydrogen-bond donors (Lipinski definition) is 4. The maximum atomic E-state index is 12.5. The highest BCUT2D eigenvalue weighted by Crippen LogP contribution is 2.36. The summed E-state index contributed by atoms with van der Waals surface area (Å²) in [6.07, 6.45) is 0.123. The Morgan fingerprint density at radius 2 is 1.80 bits per heavy atom. The summed E-state index contributed by atoms with van der Waals surface area (Å²) in [6, 6.07) is 6.65. The molecule has 3 rings (SSSR count). The van der Waals surface area contributed by atoms with E-state index >= 15 is 0 Å². The van der Waals surface area contributed by atoms with E-state index in [-0.39, 0.29) is 36.6 Å². The first-order valence-electron chi connectivity index (χ1n) is 7.84. The number of piperidine rings is 1. The maximum absolute atomic E-state index is 12.5. The van der Waals surface area contributed by atoms with Crippen LogP contribution in [0.2, 0.25) is 0 Å². The summed E-state index contributed by atoms with van der Waals surface area (Å²) in [5.74, 6) is -0.338. The molecule has 2 amide bonds. The van der Waals surface area contributed by atoms with Gasteiger partial charge in [-0.05, 0) is 31.9 Å². The highest BCUT2D eigenvalue weighted by atomic mass is 35.5. The molecular formula is C16H24Cl2N4O3. The van der Waals surface area contributed by atoms with Gasteiger partial charge in [-0.1, -0.05) is 12.1 Å². The van der Waals surface area contributed by atoms with Crippen molar-refractivity contribution >= 4 is 48.0 Å². The summed E-state index contributed by atoms with van der Waals surface area (Å²) in [5, 5.41) is 15.7. The number of rotatable bonds is 2. The van der Waals surface area contributed by atoms with Crippen molar-refractivity contribution in [2.75, 3.05) is 23.7 Å². The zero-order chi connectivity index (χ0) is 16.6. The number of fused-ring (bicyclic) bond motifs is 1. The standard InChI is InChI=1S/C16H22N4O3.2ClH/c1-10(21)13(17)14(22)20-8-6-16(7-9-20)15(23)18-11-4-2-3-5-12(11)19-16;;/h2-5,10,13,19,21H,6-9,17H2,1H3,(H,18,23);2*1H/t10-,13+;;/m1../s1. The number of benzene rings is 1. The van der Waals surface area contributed by atoms with Gasteiger partial charge in [0.2, 0.25) is 11.8 Å². The van der Waals surface area contributed by atoms with E-state index in [1.54, 1.807) is 4.90 Å². The van der Waals surface area contributed by atoms with Gasteiger partial charge in [0.1, 0.15) is 11.6 Å². The summed E-state index contributed by atoms with van der Waals surface area (Å²) in [7, 11) is 0. The number of likely N-dealkylation sites (tertiary alicyclic amines) is 1. The monoisotopic (exact) mass is 390 g/mol. The van der Waals surface area contributed by atoms with Crippen molar-refractivity contribution < 1.29 is 14.7 Å². The van der Waals surface area contributed by atoms with Gasteiger partial charge in [0.05, 0.1) is 17.5 Å². The fourth-order valence-electron chi connectivity index (χ4n) is 3.14. The van der Waals surface area contributed by atoms with Crippen molar-refractivity contribution in [3.05, 3.63) is 24.3 Å². The predicted octanol–water partition coefficient (Wildman–Crippen LogP) is 0.964. The number of nitrogens with zero attached hydrogens (tertiary/aromatic N) is 1. The van der Waals surface area contributed by atoms with Crippen LogP contribution in [0.25, 0.3) is 0 Å². The predicted molar refractivity (Wildman–Crippen MR) is 101 cm³/mol. The van der Waals surface area contributed by atoms with Gasteiger partial charge in [0.25, 0.3) is 0 Å². The number of amides is 2. The molecule has 0 aromatic heterocycles. The molecule has 9 heteroatoms. The van der Waals surface area contributed by atoms with Crippen molar-refractivity contribution in [1.82, 2.24) is 4.90 Å². The largest absolute Gasteiger partial charge is 0.391 e. The minimum atomic E-state index is -0.919. The van der Waals surface area contributed by atoms with Crippen molar-refractivity contribution in [2.45, 2.75) is 37.5 Å². The molecule has 2 aliphatic rings. The van der Waals surface area contributed by atoms with Crippen LogP contribution in [0.4, 0.5) is 11.4 Å². The maximum Gasteiger partial charge on any atom is 0.250 e. The van der Waals surface area contributed by atoms with Gasteiger partial charge >= 0.3 is 0 Å². The van der Waals surface area contributed by atoms with Crippen LogP contribution in [0, 0.1) is 0 Å². The fraction of sp³-hybridized carbons (Fsp3) is 0.500. The molecule has 0 bridgehead atoms. The van der Waals surface area contributed by atoms with Gasteiger partial charge in [-0.2, -0.15) is 0 Å². The second kappa shape index (κ2) is 8.23. The van der Waals surface area contributed by atoms with Crippen molar-refractivity contribution in [3.63, 3.8) is 0 Å². The van der Waals surface area contributed by atoms with Crippen LogP contribution >= 0.6 is 24.8 Å². The number of nitrogens with one attached hydrogen (secondary N) is 2. The number of halogens is 2. The lowest BCUT2D eigenvalue weighted by Gasteiger charge is -2.44. The number of carbonyl (C=O) groups is 2. The summed E-state index contributed by atoms with van der Waals surface area (Å²) < 4.78 is 0. The minimum Gasteiger partial charge on any atom is -0.391 e. The Morgan fingerprint density at radius 1 is 1.24 bits per heavy atom. The van der Waals surface area contributed by atoms with Crippen LogP contribution in [0.1, 0.15) is 19.8 Å². The first-order valence-corrected chi connectivity index (χ1v) is 7.84. The Morgan fingerprint density at radius 3 is 2.36 bits per heavy atom.